The molecular weight excluding hydrogens is 281 g/mol. The predicted octanol–water partition coefficient (Wildman–Crippen LogP) is 3.29. The summed E-state index contributed by atoms with van der Waals surface area (Å²) in [6, 6.07) is 6.96. The first-order valence-corrected chi connectivity index (χ1v) is 6.96. The van der Waals surface area contributed by atoms with Crippen molar-refractivity contribution in [2.24, 2.45) is 5.41 Å². The van der Waals surface area contributed by atoms with Crippen LogP contribution in [0.4, 0.5) is 18.9 Å². The molecule has 1 fully saturated rings. The Kier molecular flexibility index (Phi) is 4.27. The van der Waals surface area contributed by atoms with Gasteiger partial charge in [-0.25, -0.2) is 0 Å². The smallest absolute Gasteiger partial charge is 0.325 e. The summed E-state index contributed by atoms with van der Waals surface area (Å²) < 4.78 is 40.0. The predicted molar refractivity (Wildman–Crippen MR) is 75.1 cm³/mol. The highest BCUT2D eigenvalue weighted by Gasteiger charge is 2.61. The molecule has 3 nitrogen and oxygen atoms in total. The molecule has 1 saturated heterocycles. The second-order valence-corrected chi connectivity index (χ2v) is 5.70. The topological polar surface area (TPSA) is 41.1 Å². The molecule has 0 bridgehead atoms. The van der Waals surface area contributed by atoms with Gasteiger partial charge in [-0.15, -0.1) is 0 Å². The first-order chi connectivity index (χ1) is 9.78. The lowest BCUT2D eigenvalue weighted by Crippen LogP contribution is -2.49. The molecule has 1 aromatic rings. The van der Waals surface area contributed by atoms with Crippen LogP contribution in [0.2, 0.25) is 0 Å². The van der Waals surface area contributed by atoms with E-state index in [0.717, 1.165) is 5.56 Å². The highest BCUT2D eigenvalue weighted by Crippen LogP contribution is 2.44. The van der Waals surface area contributed by atoms with Gasteiger partial charge in [0, 0.05) is 12.2 Å². The number of hydrogen-bond donors (Lipinski definition) is 2. The normalized spacial score (nSPS) is 22.6. The quantitative estimate of drug-likeness (QED) is 0.899. The molecule has 1 heterocycles. The zero-order valence-electron chi connectivity index (χ0n) is 12.1. The molecule has 2 rings (SSSR count). The number of nitrogens with one attached hydrogen (secondary N) is 2. The third-order valence-electron chi connectivity index (χ3n) is 3.96. The van der Waals surface area contributed by atoms with Crippen molar-refractivity contribution in [3.05, 3.63) is 29.8 Å². The summed E-state index contributed by atoms with van der Waals surface area (Å²) in [4.78, 5) is 12.3. The Balaban J connectivity index is 2.29. The van der Waals surface area contributed by atoms with E-state index in [-0.39, 0.29) is 25.4 Å². The van der Waals surface area contributed by atoms with Crippen LogP contribution in [-0.4, -0.2) is 25.2 Å². The molecular formula is C15H19F3N2O. The monoisotopic (exact) mass is 300 g/mol. The first-order valence-electron chi connectivity index (χ1n) is 6.96. The number of halogens is 3. The van der Waals surface area contributed by atoms with Crippen molar-refractivity contribution >= 4 is 11.6 Å². The second-order valence-electron chi connectivity index (χ2n) is 5.70. The van der Waals surface area contributed by atoms with Crippen molar-refractivity contribution in [2.75, 3.05) is 18.4 Å². The Morgan fingerprint density at radius 1 is 1.33 bits per heavy atom. The number of benzene rings is 1. The van der Waals surface area contributed by atoms with Crippen molar-refractivity contribution in [3.63, 3.8) is 0 Å². The summed E-state index contributed by atoms with van der Waals surface area (Å²) >= 11 is 0. The van der Waals surface area contributed by atoms with Crippen molar-refractivity contribution < 1.29 is 18.0 Å². The van der Waals surface area contributed by atoms with E-state index in [4.69, 9.17) is 0 Å². The van der Waals surface area contributed by atoms with Crippen molar-refractivity contribution in [2.45, 2.75) is 32.4 Å². The summed E-state index contributed by atoms with van der Waals surface area (Å²) in [5.41, 5.74) is -1.06. The van der Waals surface area contributed by atoms with E-state index < -0.39 is 17.5 Å². The van der Waals surface area contributed by atoms with Crippen molar-refractivity contribution in [3.8, 4) is 0 Å². The zero-order valence-corrected chi connectivity index (χ0v) is 12.1. The lowest BCUT2D eigenvalue weighted by Gasteiger charge is -2.30. The number of hydrogen-bond acceptors (Lipinski definition) is 2. The minimum Gasteiger partial charge on any atom is -0.325 e. The largest absolute Gasteiger partial charge is 0.404 e. The maximum atomic E-state index is 13.3. The maximum Gasteiger partial charge on any atom is 0.404 e. The van der Waals surface area contributed by atoms with Gasteiger partial charge in [-0.1, -0.05) is 32.0 Å². The standard InChI is InChI=1S/C15H19F3N2O/c1-10(2)11-5-3-4-6-12(11)20-13(21)14(15(16,17)18)7-8-19-9-14/h3-6,10,19H,7-9H2,1-2H3,(H,20,21). The SMILES string of the molecule is CC(C)c1ccccc1NC(=O)C1(C(F)(F)F)CCNC1. The molecule has 116 valence electrons. The molecule has 1 aliphatic rings. The minimum absolute atomic E-state index is 0.116. The van der Waals surface area contributed by atoms with Crippen LogP contribution >= 0.6 is 0 Å². The summed E-state index contributed by atoms with van der Waals surface area (Å²) in [7, 11) is 0. The summed E-state index contributed by atoms with van der Waals surface area (Å²) in [5.74, 6) is -0.863. The van der Waals surface area contributed by atoms with E-state index in [9.17, 15) is 18.0 Å². The van der Waals surface area contributed by atoms with Crippen LogP contribution < -0.4 is 10.6 Å². The Morgan fingerprint density at radius 3 is 2.52 bits per heavy atom. The molecule has 0 spiro atoms. The Morgan fingerprint density at radius 2 is 2.00 bits per heavy atom. The van der Waals surface area contributed by atoms with E-state index in [1.807, 2.05) is 26.0 Å². The average molecular weight is 300 g/mol. The molecule has 0 aliphatic carbocycles. The maximum absolute atomic E-state index is 13.3. The average Bonchev–Trinajstić information content (AvgIpc) is 2.89. The number of rotatable bonds is 3. The summed E-state index contributed by atoms with van der Waals surface area (Å²) in [6.45, 7) is 3.69. The Hall–Kier alpha value is -1.56. The van der Waals surface area contributed by atoms with Gasteiger partial charge in [-0.3, -0.25) is 4.79 Å². The highest BCUT2D eigenvalue weighted by molar-refractivity contribution is 5.97. The fourth-order valence-corrected chi connectivity index (χ4v) is 2.61. The van der Waals surface area contributed by atoms with E-state index >= 15 is 0 Å². The molecule has 0 radical (unpaired) electrons. The molecule has 0 saturated carbocycles. The van der Waals surface area contributed by atoms with Crippen LogP contribution in [0.3, 0.4) is 0 Å². The second kappa shape index (κ2) is 5.67. The van der Waals surface area contributed by atoms with Crippen molar-refractivity contribution in [1.82, 2.24) is 5.32 Å². The van der Waals surface area contributed by atoms with E-state index in [1.54, 1.807) is 12.1 Å². The van der Waals surface area contributed by atoms with Gasteiger partial charge in [0.15, 0.2) is 5.41 Å². The fraction of sp³-hybridized carbons (Fsp3) is 0.533. The first kappa shape index (κ1) is 15.8. The zero-order chi connectivity index (χ0) is 15.7. The third kappa shape index (κ3) is 2.90. The van der Waals surface area contributed by atoms with Gasteiger partial charge < -0.3 is 10.6 Å². The fourth-order valence-electron chi connectivity index (χ4n) is 2.61. The summed E-state index contributed by atoms with van der Waals surface area (Å²) in [5, 5.41) is 5.13. The number of amides is 1. The van der Waals surface area contributed by atoms with E-state index in [2.05, 4.69) is 10.6 Å². The summed E-state index contributed by atoms with van der Waals surface area (Å²) in [6.07, 6.45) is -4.79. The Bertz CT molecular complexity index is 520. The van der Waals surface area contributed by atoms with Crippen LogP contribution in [0, 0.1) is 5.41 Å². The molecule has 0 aromatic heterocycles. The third-order valence-corrected chi connectivity index (χ3v) is 3.96. The Labute approximate surface area is 121 Å². The molecule has 6 heteroatoms. The minimum atomic E-state index is -4.56. The lowest BCUT2D eigenvalue weighted by atomic mass is 9.85. The van der Waals surface area contributed by atoms with Gasteiger partial charge in [-0.2, -0.15) is 13.2 Å². The highest BCUT2D eigenvalue weighted by atomic mass is 19.4. The number of carbonyl (C=O) groups is 1. The number of alkyl halides is 3. The molecule has 2 N–H and O–H groups in total. The van der Waals surface area contributed by atoms with Gasteiger partial charge >= 0.3 is 6.18 Å². The van der Waals surface area contributed by atoms with Gasteiger partial charge in [0.25, 0.3) is 0 Å². The van der Waals surface area contributed by atoms with Crippen LogP contribution in [0.5, 0.6) is 0 Å². The van der Waals surface area contributed by atoms with Crippen molar-refractivity contribution in [1.29, 1.82) is 0 Å². The van der Waals surface area contributed by atoms with Gasteiger partial charge in [0.05, 0.1) is 0 Å². The number of carbonyl (C=O) groups excluding carboxylic acids is 1. The molecule has 1 aromatic carbocycles. The molecule has 1 aliphatic heterocycles. The van der Waals surface area contributed by atoms with Crippen LogP contribution in [0.1, 0.15) is 31.7 Å². The van der Waals surface area contributed by atoms with E-state index in [1.165, 1.54) is 0 Å². The molecule has 1 unspecified atom stereocenters. The van der Waals surface area contributed by atoms with Gasteiger partial charge in [-0.05, 0) is 30.5 Å². The number of para-hydroxylation sites is 1. The molecule has 1 atom stereocenters. The number of anilines is 1. The van der Waals surface area contributed by atoms with Crippen LogP contribution in [-0.2, 0) is 4.79 Å². The van der Waals surface area contributed by atoms with E-state index in [0.29, 0.717) is 5.69 Å². The molecule has 1 amide bonds. The van der Waals surface area contributed by atoms with Crippen LogP contribution in [0.25, 0.3) is 0 Å². The molecule has 21 heavy (non-hydrogen) atoms. The lowest BCUT2D eigenvalue weighted by molar-refractivity contribution is -0.213. The van der Waals surface area contributed by atoms with Gasteiger partial charge in [0.2, 0.25) is 5.91 Å². The van der Waals surface area contributed by atoms with Gasteiger partial charge in [0.1, 0.15) is 0 Å². The van der Waals surface area contributed by atoms with Crippen LogP contribution in [0.15, 0.2) is 24.3 Å².